The summed E-state index contributed by atoms with van der Waals surface area (Å²) in [7, 11) is 0. The van der Waals surface area contributed by atoms with Crippen molar-refractivity contribution in [3.8, 4) is 22.9 Å². The van der Waals surface area contributed by atoms with Crippen molar-refractivity contribution in [1.82, 2.24) is 9.97 Å². The van der Waals surface area contributed by atoms with Crippen molar-refractivity contribution in [3.63, 3.8) is 0 Å². The Labute approximate surface area is 203 Å². The zero-order chi connectivity index (χ0) is 23.3. The third kappa shape index (κ3) is 3.95. The Morgan fingerprint density at radius 1 is 1.15 bits per heavy atom. The van der Waals surface area contributed by atoms with Crippen LogP contribution in [-0.2, 0) is 11.2 Å². The lowest BCUT2D eigenvalue weighted by molar-refractivity contribution is -0.116. The molecular weight excluding hydrogens is 533 g/mol. The maximum atomic E-state index is 11.8. The quantitative estimate of drug-likeness (QED) is 0.324. The average Bonchev–Trinajstić information content (AvgIpc) is 3.37. The molecule has 7 nitrogen and oxygen atoms in total. The lowest BCUT2D eigenvalue weighted by Gasteiger charge is -2.15. The number of halogens is 1. The van der Waals surface area contributed by atoms with Gasteiger partial charge in [0.15, 0.2) is 0 Å². The number of aromatic carboxylic acids is 1. The number of carboxylic acids is 1. The third-order valence-electron chi connectivity index (χ3n) is 5.87. The first-order valence-electron chi connectivity index (χ1n) is 10.4. The average molecular weight is 553 g/mol. The molecule has 0 saturated heterocycles. The van der Waals surface area contributed by atoms with Crippen molar-refractivity contribution in [3.05, 3.63) is 68.8 Å². The summed E-state index contributed by atoms with van der Waals surface area (Å²) in [4.78, 5) is 32.8. The van der Waals surface area contributed by atoms with Gasteiger partial charge in [0.25, 0.3) is 6.01 Å². The molecule has 4 aromatic rings. The van der Waals surface area contributed by atoms with E-state index in [2.05, 4.69) is 38.6 Å². The number of ether oxygens (including phenoxy) is 1. The summed E-state index contributed by atoms with van der Waals surface area (Å²) in [6, 6.07) is 15.4. The van der Waals surface area contributed by atoms with Gasteiger partial charge in [0.1, 0.15) is 5.75 Å². The lowest BCUT2D eigenvalue weighted by atomic mass is 10.0. The van der Waals surface area contributed by atoms with Crippen molar-refractivity contribution < 1.29 is 19.4 Å². The van der Waals surface area contributed by atoms with Gasteiger partial charge in [-0.05, 0) is 94.6 Å². The number of carbonyl (C=O) groups excluding carboxylic acids is 1. The number of nitrogens with one attached hydrogen (secondary N) is 1. The molecule has 0 saturated carbocycles. The number of anilines is 1. The molecule has 1 amide bonds. The number of amides is 1. The molecule has 1 aliphatic heterocycles. The zero-order valence-electron chi connectivity index (χ0n) is 18.0. The highest BCUT2D eigenvalue weighted by Gasteiger charge is 2.23. The Balaban J connectivity index is 1.48. The fourth-order valence-corrected chi connectivity index (χ4v) is 4.96. The molecule has 1 aromatic heterocycles. The molecule has 0 radical (unpaired) electrons. The highest BCUT2D eigenvalue weighted by atomic mass is 127. The third-order valence-corrected chi connectivity index (χ3v) is 6.76. The molecule has 2 heterocycles. The SMILES string of the molecule is CC(=O)N1CCc2cc(-c3cc4nc(Oc5ccc(C)c(C(=O)O)c5)[nH]c4cc3I)ccc21. The van der Waals surface area contributed by atoms with E-state index in [1.165, 1.54) is 11.6 Å². The summed E-state index contributed by atoms with van der Waals surface area (Å²) >= 11 is 2.30. The van der Waals surface area contributed by atoms with Gasteiger partial charge in [-0.3, -0.25) is 4.79 Å². The number of hydrogen-bond donors (Lipinski definition) is 2. The monoisotopic (exact) mass is 553 g/mol. The number of aromatic nitrogens is 2. The lowest BCUT2D eigenvalue weighted by Crippen LogP contribution is -2.25. The normalized spacial score (nSPS) is 12.8. The van der Waals surface area contributed by atoms with Gasteiger partial charge in [-0.2, -0.15) is 4.98 Å². The van der Waals surface area contributed by atoms with Crippen LogP contribution in [0.25, 0.3) is 22.2 Å². The fourth-order valence-electron chi connectivity index (χ4n) is 4.18. The van der Waals surface area contributed by atoms with Crippen LogP contribution in [0.5, 0.6) is 11.8 Å². The number of benzene rings is 3. The van der Waals surface area contributed by atoms with Gasteiger partial charge in [0.2, 0.25) is 5.91 Å². The van der Waals surface area contributed by atoms with Crippen LogP contribution in [0.4, 0.5) is 5.69 Å². The van der Waals surface area contributed by atoms with E-state index >= 15 is 0 Å². The minimum Gasteiger partial charge on any atom is -0.478 e. The smallest absolute Gasteiger partial charge is 0.336 e. The topological polar surface area (TPSA) is 95.5 Å². The number of fused-ring (bicyclic) bond motifs is 2. The van der Waals surface area contributed by atoms with Crippen LogP contribution in [0, 0.1) is 10.5 Å². The molecule has 33 heavy (non-hydrogen) atoms. The highest BCUT2D eigenvalue weighted by Crippen LogP contribution is 2.36. The Morgan fingerprint density at radius 2 is 1.97 bits per heavy atom. The first-order chi connectivity index (χ1) is 15.8. The van der Waals surface area contributed by atoms with Crippen LogP contribution in [0.3, 0.4) is 0 Å². The first-order valence-corrected chi connectivity index (χ1v) is 11.5. The van der Waals surface area contributed by atoms with E-state index in [4.69, 9.17) is 4.74 Å². The predicted molar refractivity (Wildman–Crippen MR) is 134 cm³/mol. The molecule has 0 spiro atoms. The molecule has 5 rings (SSSR count). The van der Waals surface area contributed by atoms with Gasteiger partial charge in [-0.15, -0.1) is 0 Å². The molecule has 2 N–H and O–H groups in total. The van der Waals surface area contributed by atoms with Crippen molar-refractivity contribution in [2.45, 2.75) is 20.3 Å². The molecule has 0 bridgehead atoms. The molecule has 0 fully saturated rings. The van der Waals surface area contributed by atoms with Crippen LogP contribution in [0.2, 0.25) is 0 Å². The predicted octanol–water partition coefficient (Wildman–Crippen LogP) is 5.54. The molecule has 0 atom stereocenters. The van der Waals surface area contributed by atoms with Crippen LogP contribution in [-0.4, -0.2) is 33.5 Å². The second-order valence-corrected chi connectivity index (χ2v) is 9.20. The maximum absolute atomic E-state index is 11.8. The van der Waals surface area contributed by atoms with Crippen molar-refractivity contribution >= 4 is 51.2 Å². The van der Waals surface area contributed by atoms with Crippen LogP contribution in [0.1, 0.15) is 28.4 Å². The number of carboxylic acid groups (broad SMARTS) is 1. The number of aryl methyl sites for hydroxylation is 1. The molecule has 1 aliphatic rings. The number of imidazole rings is 1. The number of nitrogens with zero attached hydrogens (tertiary/aromatic N) is 2. The van der Waals surface area contributed by atoms with Gasteiger partial charge >= 0.3 is 5.97 Å². The minimum absolute atomic E-state index is 0.0607. The van der Waals surface area contributed by atoms with Crippen LogP contribution < -0.4 is 9.64 Å². The second-order valence-electron chi connectivity index (χ2n) is 8.04. The minimum atomic E-state index is -0.998. The molecule has 0 aliphatic carbocycles. The number of carbonyl (C=O) groups is 2. The van der Waals surface area contributed by atoms with Gasteiger partial charge in [-0.25, -0.2) is 4.79 Å². The highest BCUT2D eigenvalue weighted by molar-refractivity contribution is 14.1. The van der Waals surface area contributed by atoms with E-state index < -0.39 is 5.97 Å². The Morgan fingerprint density at radius 3 is 2.73 bits per heavy atom. The van der Waals surface area contributed by atoms with Gasteiger partial charge in [0.05, 0.1) is 16.6 Å². The number of rotatable bonds is 4. The zero-order valence-corrected chi connectivity index (χ0v) is 20.1. The Bertz CT molecular complexity index is 1440. The van der Waals surface area contributed by atoms with Gasteiger partial charge < -0.3 is 19.7 Å². The van der Waals surface area contributed by atoms with E-state index in [0.29, 0.717) is 23.9 Å². The van der Waals surface area contributed by atoms with E-state index in [-0.39, 0.29) is 11.5 Å². The van der Waals surface area contributed by atoms with E-state index in [1.54, 1.807) is 26.0 Å². The number of hydrogen-bond acceptors (Lipinski definition) is 4. The molecule has 166 valence electrons. The van der Waals surface area contributed by atoms with Crippen LogP contribution in [0.15, 0.2) is 48.5 Å². The second kappa shape index (κ2) is 8.18. The maximum Gasteiger partial charge on any atom is 0.336 e. The molecule has 0 unspecified atom stereocenters. The number of aromatic amines is 1. The Kier molecular flexibility index (Phi) is 5.32. The number of H-pyrrole nitrogens is 1. The van der Waals surface area contributed by atoms with Crippen LogP contribution >= 0.6 is 22.6 Å². The van der Waals surface area contributed by atoms with Gasteiger partial charge in [0, 0.05) is 22.7 Å². The van der Waals surface area contributed by atoms with Crippen molar-refractivity contribution in [2.24, 2.45) is 0 Å². The summed E-state index contributed by atoms with van der Waals surface area (Å²) in [5.41, 5.74) is 6.70. The summed E-state index contributed by atoms with van der Waals surface area (Å²) < 4.78 is 6.88. The standard InChI is InChI=1S/C25H20IN3O4/c1-13-3-5-17(10-18(13)24(31)32)33-25-27-21-11-19(20(26)12-22(21)28-25)15-4-6-23-16(9-15)7-8-29(23)14(2)30/h3-6,9-12H,7-8H2,1-2H3,(H,27,28)(H,31,32). The van der Waals surface area contributed by atoms with Gasteiger partial charge in [-0.1, -0.05) is 12.1 Å². The fraction of sp³-hybridized carbons (Fsp3) is 0.160. The Hall–Kier alpha value is -3.40. The summed E-state index contributed by atoms with van der Waals surface area (Å²) in [5, 5.41) is 9.34. The first kappa shape index (κ1) is 21.4. The van der Waals surface area contributed by atoms with Crippen molar-refractivity contribution in [1.29, 1.82) is 0 Å². The largest absolute Gasteiger partial charge is 0.478 e. The van der Waals surface area contributed by atoms with E-state index in [1.807, 2.05) is 29.2 Å². The van der Waals surface area contributed by atoms with Crippen molar-refractivity contribution in [2.75, 3.05) is 11.4 Å². The summed E-state index contributed by atoms with van der Waals surface area (Å²) in [5.74, 6) is -0.534. The molecule has 3 aromatic carbocycles. The molecular formula is C25H20IN3O4. The van der Waals surface area contributed by atoms with E-state index in [9.17, 15) is 14.7 Å². The molecule has 8 heteroatoms. The summed E-state index contributed by atoms with van der Waals surface area (Å²) in [6.07, 6.45) is 0.844. The summed E-state index contributed by atoms with van der Waals surface area (Å²) in [6.45, 7) is 4.05. The van der Waals surface area contributed by atoms with E-state index in [0.717, 1.165) is 37.8 Å².